The fourth-order valence-electron chi connectivity index (χ4n) is 4.64. The summed E-state index contributed by atoms with van der Waals surface area (Å²) in [4.78, 5) is 40.3. The molecule has 6 heteroatoms. The second kappa shape index (κ2) is 10.1. The lowest BCUT2D eigenvalue weighted by molar-refractivity contribution is -0.141. The molecule has 3 amide bonds. The average Bonchev–Trinajstić information content (AvgIpc) is 2.69. The van der Waals surface area contributed by atoms with E-state index in [0.717, 1.165) is 38.5 Å². The molecule has 1 N–H and O–H groups in total. The van der Waals surface area contributed by atoms with Gasteiger partial charge in [0.2, 0.25) is 17.7 Å². The number of nitrogens with one attached hydrogen (secondary N) is 1. The van der Waals surface area contributed by atoms with Crippen molar-refractivity contribution < 1.29 is 14.4 Å². The number of nitrogens with zero attached hydrogens (tertiary/aromatic N) is 2. The Hall–Kier alpha value is -2.37. The molecule has 2 aliphatic rings. The summed E-state index contributed by atoms with van der Waals surface area (Å²) in [6.07, 6.45) is 5.79. The highest BCUT2D eigenvalue weighted by atomic mass is 16.2. The Labute approximate surface area is 180 Å². The van der Waals surface area contributed by atoms with E-state index in [1.54, 1.807) is 0 Å². The predicted molar refractivity (Wildman–Crippen MR) is 117 cm³/mol. The van der Waals surface area contributed by atoms with E-state index in [-0.39, 0.29) is 36.2 Å². The fourth-order valence-corrected chi connectivity index (χ4v) is 4.64. The topological polar surface area (TPSA) is 69.7 Å². The third kappa shape index (κ3) is 5.41. The molecule has 1 saturated heterocycles. The number of hydrogen-bond donors (Lipinski definition) is 1. The van der Waals surface area contributed by atoms with Crippen LogP contribution in [0.15, 0.2) is 24.3 Å². The summed E-state index contributed by atoms with van der Waals surface area (Å²) in [5.41, 5.74) is 2.55. The molecule has 2 fully saturated rings. The normalized spacial score (nSPS) is 18.4. The number of piperidine rings is 1. The highest BCUT2D eigenvalue weighted by Crippen LogP contribution is 2.32. The molecule has 0 aromatic heterocycles. The van der Waals surface area contributed by atoms with E-state index in [9.17, 15) is 14.4 Å². The number of rotatable bonds is 7. The Morgan fingerprint density at radius 3 is 2.37 bits per heavy atom. The molecule has 1 aliphatic heterocycles. The van der Waals surface area contributed by atoms with Crippen LogP contribution < -0.4 is 5.32 Å². The lowest BCUT2D eigenvalue weighted by Crippen LogP contribution is -2.51. The Morgan fingerprint density at radius 2 is 1.80 bits per heavy atom. The van der Waals surface area contributed by atoms with Gasteiger partial charge in [-0.2, -0.15) is 0 Å². The Morgan fingerprint density at radius 1 is 1.13 bits per heavy atom. The first-order valence-corrected chi connectivity index (χ1v) is 11.2. The maximum Gasteiger partial charge on any atom is 0.241 e. The van der Waals surface area contributed by atoms with Gasteiger partial charge >= 0.3 is 0 Å². The maximum atomic E-state index is 13.0. The number of amides is 3. The van der Waals surface area contributed by atoms with Crippen LogP contribution in [-0.2, 0) is 20.8 Å². The van der Waals surface area contributed by atoms with Crippen molar-refractivity contribution in [2.45, 2.75) is 58.4 Å². The zero-order valence-electron chi connectivity index (χ0n) is 18.5. The van der Waals surface area contributed by atoms with Gasteiger partial charge in [0.1, 0.15) is 0 Å². The van der Waals surface area contributed by atoms with E-state index in [4.69, 9.17) is 0 Å². The van der Waals surface area contributed by atoms with Crippen LogP contribution in [0.4, 0.5) is 0 Å². The Bertz CT molecular complexity index is 767. The SMILES string of the molecule is CC(=O)NCC(=O)N1CCC(C(Cc2ccccc2C)N(C)C(=O)C2CCC2)CC1. The zero-order chi connectivity index (χ0) is 21.7. The number of likely N-dealkylation sites (tertiary alicyclic amines) is 1. The first-order chi connectivity index (χ1) is 14.4. The second-order valence-corrected chi connectivity index (χ2v) is 8.90. The van der Waals surface area contributed by atoms with Crippen LogP contribution in [0, 0.1) is 18.8 Å². The predicted octanol–water partition coefficient (Wildman–Crippen LogP) is 2.54. The van der Waals surface area contributed by atoms with Gasteiger partial charge in [-0.15, -0.1) is 0 Å². The van der Waals surface area contributed by atoms with Crippen molar-refractivity contribution in [3.63, 3.8) is 0 Å². The van der Waals surface area contributed by atoms with E-state index in [0.29, 0.717) is 19.0 Å². The molecule has 1 aromatic rings. The molecule has 0 spiro atoms. The summed E-state index contributed by atoms with van der Waals surface area (Å²) in [6.45, 7) is 4.97. The van der Waals surface area contributed by atoms with Crippen molar-refractivity contribution in [1.29, 1.82) is 0 Å². The average molecular weight is 414 g/mol. The quantitative estimate of drug-likeness (QED) is 0.747. The lowest BCUT2D eigenvalue weighted by Gasteiger charge is -2.42. The molecular weight excluding hydrogens is 378 g/mol. The monoisotopic (exact) mass is 413 g/mol. The number of carbonyl (C=O) groups is 3. The van der Waals surface area contributed by atoms with Gasteiger partial charge in [0.05, 0.1) is 6.54 Å². The number of carbonyl (C=O) groups excluding carboxylic acids is 3. The standard InChI is InChI=1S/C24H35N3O3/c1-17-7-4-5-8-21(17)15-22(26(3)24(30)20-9-6-10-20)19-11-13-27(14-12-19)23(29)16-25-18(2)28/h4-5,7-8,19-20,22H,6,9-16H2,1-3H3,(H,25,28). The first-order valence-electron chi connectivity index (χ1n) is 11.2. The van der Waals surface area contributed by atoms with Gasteiger partial charge in [-0.25, -0.2) is 0 Å². The molecular formula is C24H35N3O3. The molecule has 1 aliphatic carbocycles. The molecule has 1 aromatic carbocycles. The van der Waals surface area contributed by atoms with E-state index >= 15 is 0 Å². The minimum atomic E-state index is -0.187. The van der Waals surface area contributed by atoms with Crippen molar-refractivity contribution in [2.75, 3.05) is 26.7 Å². The first kappa shape index (κ1) is 22.3. The van der Waals surface area contributed by atoms with Gasteiger partial charge in [-0.1, -0.05) is 30.7 Å². The van der Waals surface area contributed by atoms with E-state index in [1.807, 2.05) is 16.8 Å². The van der Waals surface area contributed by atoms with Gasteiger partial charge in [0.15, 0.2) is 0 Å². The summed E-state index contributed by atoms with van der Waals surface area (Å²) in [7, 11) is 1.97. The number of likely N-dealkylation sites (N-methyl/N-ethyl adjacent to an activating group) is 1. The molecule has 1 atom stereocenters. The van der Waals surface area contributed by atoms with Crippen molar-refractivity contribution in [3.8, 4) is 0 Å². The van der Waals surface area contributed by atoms with Gasteiger partial charge in [-0.05, 0) is 56.1 Å². The third-order valence-electron chi connectivity index (χ3n) is 6.91. The van der Waals surface area contributed by atoms with Crippen LogP contribution in [0.5, 0.6) is 0 Å². The smallest absolute Gasteiger partial charge is 0.241 e. The van der Waals surface area contributed by atoms with E-state index in [1.165, 1.54) is 18.1 Å². The molecule has 164 valence electrons. The van der Waals surface area contributed by atoms with Crippen molar-refractivity contribution in [1.82, 2.24) is 15.1 Å². The van der Waals surface area contributed by atoms with Gasteiger partial charge in [-0.3, -0.25) is 14.4 Å². The van der Waals surface area contributed by atoms with E-state index < -0.39 is 0 Å². The summed E-state index contributed by atoms with van der Waals surface area (Å²) < 4.78 is 0. The molecule has 3 rings (SSSR count). The highest BCUT2D eigenvalue weighted by molar-refractivity contribution is 5.83. The Balaban J connectivity index is 1.67. The number of aryl methyl sites for hydroxylation is 1. The largest absolute Gasteiger partial charge is 0.347 e. The molecule has 30 heavy (non-hydrogen) atoms. The van der Waals surface area contributed by atoms with Crippen LogP contribution in [0.3, 0.4) is 0 Å². The van der Waals surface area contributed by atoms with Crippen molar-refractivity contribution in [3.05, 3.63) is 35.4 Å². The molecule has 0 bridgehead atoms. The highest BCUT2D eigenvalue weighted by Gasteiger charge is 2.36. The van der Waals surface area contributed by atoms with Gasteiger partial charge < -0.3 is 15.1 Å². The van der Waals surface area contributed by atoms with Crippen molar-refractivity contribution >= 4 is 17.7 Å². The zero-order valence-corrected chi connectivity index (χ0v) is 18.5. The van der Waals surface area contributed by atoms with Gasteiger partial charge in [0, 0.05) is 39.0 Å². The van der Waals surface area contributed by atoms with Crippen LogP contribution in [0.25, 0.3) is 0 Å². The summed E-state index contributed by atoms with van der Waals surface area (Å²) >= 11 is 0. The van der Waals surface area contributed by atoms with Crippen molar-refractivity contribution in [2.24, 2.45) is 11.8 Å². The van der Waals surface area contributed by atoms with Crippen LogP contribution in [0.1, 0.15) is 50.2 Å². The van der Waals surface area contributed by atoms with Crippen LogP contribution >= 0.6 is 0 Å². The summed E-state index contributed by atoms with van der Waals surface area (Å²) in [5.74, 6) is 0.617. The Kier molecular flexibility index (Phi) is 7.51. The lowest BCUT2D eigenvalue weighted by atomic mass is 9.81. The molecule has 0 radical (unpaired) electrons. The minimum Gasteiger partial charge on any atom is -0.347 e. The maximum absolute atomic E-state index is 13.0. The number of benzene rings is 1. The third-order valence-corrected chi connectivity index (χ3v) is 6.91. The van der Waals surface area contributed by atoms with E-state index in [2.05, 4.69) is 36.5 Å². The molecule has 1 heterocycles. The fraction of sp³-hybridized carbons (Fsp3) is 0.625. The van der Waals surface area contributed by atoms with Gasteiger partial charge in [0.25, 0.3) is 0 Å². The summed E-state index contributed by atoms with van der Waals surface area (Å²) in [5, 5.41) is 2.59. The van der Waals surface area contributed by atoms with Crippen LogP contribution in [0.2, 0.25) is 0 Å². The molecule has 1 unspecified atom stereocenters. The minimum absolute atomic E-state index is 0.0296. The second-order valence-electron chi connectivity index (χ2n) is 8.90. The molecule has 6 nitrogen and oxygen atoms in total. The molecule has 1 saturated carbocycles. The van der Waals surface area contributed by atoms with Crippen LogP contribution in [-0.4, -0.2) is 60.2 Å². The number of hydrogen-bond acceptors (Lipinski definition) is 3. The summed E-state index contributed by atoms with van der Waals surface area (Å²) in [6, 6.07) is 8.55.